The zero-order valence-corrected chi connectivity index (χ0v) is 15.2. The van der Waals surface area contributed by atoms with E-state index in [-0.39, 0.29) is 5.56 Å². The average molecular weight is 357 g/mol. The molecule has 0 saturated carbocycles. The van der Waals surface area contributed by atoms with Crippen LogP contribution in [0.5, 0.6) is 11.5 Å². The summed E-state index contributed by atoms with van der Waals surface area (Å²) >= 11 is 0. The first-order valence-corrected chi connectivity index (χ1v) is 8.43. The van der Waals surface area contributed by atoms with Gasteiger partial charge in [-0.3, -0.25) is 4.79 Å². The van der Waals surface area contributed by atoms with Gasteiger partial charge in [0.15, 0.2) is 17.6 Å². The van der Waals surface area contributed by atoms with Crippen molar-refractivity contribution in [1.29, 1.82) is 0 Å². The fourth-order valence-corrected chi connectivity index (χ4v) is 2.17. The van der Waals surface area contributed by atoms with E-state index in [1.165, 1.54) is 20.1 Å². The molecule has 6 nitrogen and oxygen atoms in total. The highest BCUT2D eigenvalue weighted by Gasteiger charge is 2.20. The van der Waals surface area contributed by atoms with Crippen LogP contribution in [0.15, 0.2) is 48.5 Å². The van der Waals surface area contributed by atoms with Crippen molar-refractivity contribution in [2.45, 2.75) is 26.4 Å². The van der Waals surface area contributed by atoms with E-state index in [1.54, 1.807) is 36.4 Å². The van der Waals surface area contributed by atoms with Gasteiger partial charge in [0.2, 0.25) is 0 Å². The maximum Gasteiger partial charge on any atom is 0.339 e. The molecule has 0 aliphatic carbocycles. The van der Waals surface area contributed by atoms with Gasteiger partial charge in [-0.15, -0.1) is 0 Å². The lowest BCUT2D eigenvalue weighted by molar-refractivity contribution is -0.123. The van der Waals surface area contributed by atoms with Gasteiger partial charge in [-0.2, -0.15) is 0 Å². The van der Waals surface area contributed by atoms with Gasteiger partial charge in [0.25, 0.3) is 5.91 Å². The molecule has 1 N–H and O–H groups in total. The number of hydrogen-bond acceptors (Lipinski definition) is 5. The molecule has 1 amide bonds. The molecule has 2 rings (SSSR count). The van der Waals surface area contributed by atoms with Crippen molar-refractivity contribution in [3.63, 3.8) is 0 Å². The number of rotatable bonds is 8. The Balaban J connectivity index is 2.00. The van der Waals surface area contributed by atoms with Gasteiger partial charge in [-0.1, -0.05) is 25.1 Å². The first-order chi connectivity index (χ1) is 12.5. The fourth-order valence-electron chi connectivity index (χ4n) is 2.17. The van der Waals surface area contributed by atoms with Crippen molar-refractivity contribution in [2.24, 2.45) is 0 Å². The van der Waals surface area contributed by atoms with Gasteiger partial charge in [0, 0.05) is 5.69 Å². The van der Waals surface area contributed by atoms with Gasteiger partial charge in [-0.05, 0) is 43.7 Å². The Morgan fingerprint density at radius 3 is 2.46 bits per heavy atom. The van der Waals surface area contributed by atoms with E-state index < -0.39 is 18.0 Å². The lowest BCUT2D eigenvalue weighted by Crippen LogP contribution is -2.30. The third-order valence-corrected chi connectivity index (χ3v) is 3.56. The maximum atomic E-state index is 12.3. The molecule has 0 unspecified atom stereocenters. The molecular formula is C20H23NO5. The number of anilines is 1. The molecule has 0 fully saturated rings. The molecule has 0 aliphatic heterocycles. The first kappa shape index (κ1) is 19.3. The molecule has 0 aromatic heterocycles. The molecule has 0 radical (unpaired) electrons. The highest BCUT2D eigenvalue weighted by molar-refractivity contribution is 5.97. The van der Waals surface area contributed by atoms with Crippen LogP contribution in [0.3, 0.4) is 0 Å². The monoisotopic (exact) mass is 357 g/mol. The van der Waals surface area contributed by atoms with Crippen LogP contribution in [-0.4, -0.2) is 31.7 Å². The maximum absolute atomic E-state index is 12.3. The minimum Gasteiger partial charge on any atom is -0.493 e. The Kier molecular flexibility index (Phi) is 7.02. The van der Waals surface area contributed by atoms with Gasteiger partial charge in [-0.25, -0.2) is 4.79 Å². The molecule has 26 heavy (non-hydrogen) atoms. The van der Waals surface area contributed by atoms with E-state index in [2.05, 4.69) is 5.32 Å². The van der Waals surface area contributed by atoms with Crippen LogP contribution in [0.4, 0.5) is 5.69 Å². The molecule has 0 saturated heterocycles. The lowest BCUT2D eigenvalue weighted by Gasteiger charge is -2.15. The van der Waals surface area contributed by atoms with Crippen molar-refractivity contribution in [2.75, 3.05) is 19.0 Å². The predicted octanol–water partition coefficient (Wildman–Crippen LogP) is 3.67. The number of nitrogens with one attached hydrogen (secondary N) is 1. The quantitative estimate of drug-likeness (QED) is 0.730. The molecule has 2 aromatic rings. The Hall–Kier alpha value is -3.02. The molecule has 0 spiro atoms. The van der Waals surface area contributed by atoms with Gasteiger partial charge < -0.3 is 19.5 Å². The average Bonchev–Trinajstić information content (AvgIpc) is 2.66. The minimum atomic E-state index is -0.940. The number of ether oxygens (including phenoxy) is 3. The smallest absolute Gasteiger partial charge is 0.339 e. The van der Waals surface area contributed by atoms with Gasteiger partial charge in [0.05, 0.1) is 19.3 Å². The number of amides is 1. The van der Waals surface area contributed by atoms with E-state index in [9.17, 15) is 9.59 Å². The molecule has 0 aliphatic rings. The summed E-state index contributed by atoms with van der Waals surface area (Å²) in [4.78, 5) is 24.4. The number of carbonyl (C=O) groups excluding carboxylic acids is 2. The minimum absolute atomic E-state index is 0.282. The molecule has 6 heteroatoms. The highest BCUT2D eigenvalue weighted by atomic mass is 16.5. The SMILES string of the molecule is CCCOc1ccc(C(=O)O[C@@H](C)C(=O)Nc2ccccc2)cc1OC. The molecule has 138 valence electrons. The Labute approximate surface area is 153 Å². The second-order valence-electron chi connectivity index (χ2n) is 5.62. The summed E-state index contributed by atoms with van der Waals surface area (Å²) in [5.41, 5.74) is 0.921. The van der Waals surface area contributed by atoms with Crippen LogP contribution in [0.1, 0.15) is 30.6 Å². The normalized spacial score (nSPS) is 11.3. The summed E-state index contributed by atoms with van der Waals surface area (Å²) in [6, 6.07) is 13.7. The number of esters is 1. The summed E-state index contributed by atoms with van der Waals surface area (Å²) in [7, 11) is 1.50. The highest BCUT2D eigenvalue weighted by Crippen LogP contribution is 2.28. The molecule has 0 heterocycles. The summed E-state index contributed by atoms with van der Waals surface area (Å²) in [6.07, 6.45) is -0.0780. The van der Waals surface area contributed by atoms with Crippen molar-refractivity contribution in [3.05, 3.63) is 54.1 Å². The standard InChI is InChI=1S/C20H23NO5/c1-4-12-25-17-11-10-15(13-18(17)24-3)20(23)26-14(2)19(22)21-16-8-6-5-7-9-16/h5-11,13-14H,4,12H2,1-3H3,(H,21,22)/t14-/m0/s1. The molecule has 2 aromatic carbocycles. The van der Waals surface area contributed by atoms with E-state index >= 15 is 0 Å². The van der Waals surface area contributed by atoms with Gasteiger partial charge >= 0.3 is 5.97 Å². The Morgan fingerprint density at radius 1 is 1.08 bits per heavy atom. The molecule has 1 atom stereocenters. The largest absolute Gasteiger partial charge is 0.493 e. The number of hydrogen-bond donors (Lipinski definition) is 1. The number of carbonyl (C=O) groups is 2. The van der Waals surface area contributed by atoms with Crippen LogP contribution in [0.2, 0.25) is 0 Å². The first-order valence-electron chi connectivity index (χ1n) is 8.43. The van der Waals surface area contributed by atoms with Crippen LogP contribution in [0, 0.1) is 0 Å². The van der Waals surface area contributed by atoms with Crippen LogP contribution >= 0.6 is 0 Å². The summed E-state index contributed by atoms with van der Waals surface area (Å²) in [6.45, 7) is 4.07. The molecule has 0 bridgehead atoms. The van der Waals surface area contributed by atoms with E-state index in [0.717, 1.165) is 6.42 Å². The van der Waals surface area contributed by atoms with Crippen LogP contribution in [0.25, 0.3) is 0 Å². The van der Waals surface area contributed by atoms with Crippen molar-refractivity contribution < 1.29 is 23.8 Å². The number of para-hydroxylation sites is 1. The number of benzene rings is 2. The zero-order valence-electron chi connectivity index (χ0n) is 15.2. The Bertz CT molecular complexity index is 745. The summed E-state index contributed by atoms with van der Waals surface area (Å²) < 4.78 is 16.1. The van der Waals surface area contributed by atoms with Crippen molar-refractivity contribution in [1.82, 2.24) is 0 Å². The van der Waals surface area contributed by atoms with Crippen LogP contribution in [-0.2, 0) is 9.53 Å². The summed E-state index contributed by atoms with van der Waals surface area (Å²) in [5, 5.41) is 2.69. The number of methoxy groups -OCH3 is 1. The van der Waals surface area contributed by atoms with Crippen LogP contribution < -0.4 is 14.8 Å². The molecular weight excluding hydrogens is 334 g/mol. The zero-order chi connectivity index (χ0) is 18.9. The van der Waals surface area contributed by atoms with E-state index in [0.29, 0.717) is 23.8 Å². The Morgan fingerprint density at radius 2 is 1.81 bits per heavy atom. The third-order valence-electron chi connectivity index (χ3n) is 3.56. The summed E-state index contributed by atoms with van der Waals surface area (Å²) in [5.74, 6) is -0.0180. The van der Waals surface area contributed by atoms with E-state index in [4.69, 9.17) is 14.2 Å². The predicted molar refractivity (Wildman–Crippen MR) is 98.7 cm³/mol. The fraction of sp³-hybridized carbons (Fsp3) is 0.300. The van der Waals surface area contributed by atoms with Gasteiger partial charge in [0.1, 0.15) is 0 Å². The van der Waals surface area contributed by atoms with Crippen molar-refractivity contribution in [3.8, 4) is 11.5 Å². The third kappa shape index (κ3) is 5.24. The topological polar surface area (TPSA) is 73.9 Å². The van der Waals surface area contributed by atoms with E-state index in [1.807, 2.05) is 13.0 Å². The second-order valence-corrected chi connectivity index (χ2v) is 5.62. The van der Waals surface area contributed by atoms with Crippen molar-refractivity contribution >= 4 is 17.6 Å². The lowest BCUT2D eigenvalue weighted by atomic mass is 10.2. The second kappa shape index (κ2) is 9.46.